The molecule has 0 bridgehead atoms. The van der Waals surface area contributed by atoms with Crippen molar-refractivity contribution < 1.29 is 0 Å². The van der Waals surface area contributed by atoms with Gasteiger partial charge in [0.05, 0.1) is 6.54 Å². The molecule has 2 rings (SSSR count). The summed E-state index contributed by atoms with van der Waals surface area (Å²) >= 11 is 1.77. The summed E-state index contributed by atoms with van der Waals surface area (Å²) in [6.45, 7) is 7.61. The number of aromatic nitrogens is 1. The Balaban J connectivity index is 0.000000980. The molecule has 2 heterocycles. The predicted molar refractivity (Wildman–Crippen MR) is 69.5 cm³/mol. The van der Waals surface area contributed by atoms with E-state index >= 15 is 0 Å². The molecule has 0 unspecified atom stereocenters. The van der Waals surface area contributed by atoms with E-state index in [4.69, 9.17) is 0 Å². The first-order valence-corrected chi connectivity index (χ1v) is 5.56. The number of nitrogens with one attached hydrogen (secondary N) is 1. The van der Waals surface area contributed by atoms with Crippen LogP contribution in [0.2, 0.25) is 0 Å². The Morgan fingerprint density at radius 2 is 2.07 bits per heavy atom. The van der Waals surface area contributed by atoms with E-state index in [-0.39, 0.29) is 24.8 Å². The topological polar surface area (TPSA) is 28.2 Å². The van der Waals surface area contributed by atoms with Crippen LogP contribution in [0.15, 0.2) is 5.38 Å². The summed E-state index contributed by atoms with van der Waals surface area (Å²) in [5, 5.41) is 6.72. The zero-order valence-corrected chi connectivity index (χ0v) is 11.2. The predicted octanol–water partition coefficient (Wildman–Crippen LogP) is 1.70. The molecule has 0 aliphatic carbocycles. The molecule has 1 N–H and O–H groups in total. The normalized spacial score (nSPS) is 16.6. The van der Waals surface area contributed by atoms with Crippen molar-refractivity contribution in [3.63, 3.8) is 0 Å². The molecule has 15 heavy (non-hydrogen) atoms. The highest BCUT2D eigenvalue weighted by molar-refractivity contribution is 7.09. The van der Waals surface area contributed by atoms with Gasteiger partial charge in [0.1, 0.15) is 5.01 Å². The first-order valence-electron chi connectivity index (χ1n) is 4.69. The van der Waals surface area contributed by atoms with Crippen molar-refractivity contribution in [1.82, 2.24) is 15.2 Å². The maximum absolute atomic E-state index is 4.46. The molecular weight excluding hydrogens is 253 g/mol. The summed E-state index contributed by atoms with van der Waals surface area (Å²) in [5.74, 6) is 0. The minimum atomic E-state index is 0. The molecule has 0 spiro atoms. The van der Waals surface area contributed by atoms with Crippen LogP contribution in [0.5, 0.6) is 0 Å². The molecule has 0 saturated carbocycles. The van der Waals surface area contributed by atoms with Gasteiger partial charge >= 0.3 is 0 Å². The number of piperazine rings is 1. The summed E-state index contributed by atoms with van der Waals surface area (Å²) in [4.78, 5) is 6.91. The highest BCUT2D eigenvalue weighted by atomic mass is 35.5. The molecule has 1 aliphatic heterocycles. The molecule has 0 radical (unpaired) electrons. The quantitative estimate of drug-likeness (QED) is 0.886. The Kier molecular flexibility index (Phi) is 7.48. The van der Waals surface area contributed by atoms with Crippen LogP contribution in [-0.2, 0) is 6.54 Å². The summed E-state index contributed by atoms with van der Waals surface area (Å²) in [6.07, 6.45) is 0. The first-order chi connectivity index (χ1) is 6.34. The van der Waals surface area contributed by atoms with E-state index in [1.54, 1.807) is 11.3 Å². The number of aryl methyl sites for hydroxylation is 1. The van der Waals surface area contributed by atoms with Gasteiger partial charge in [-0.1, -0.05) is 0 Å². The molecule has 6 heteroatoms. The highest BCUT2D eigenvalue weighted by Crippen LogP contribution is 2.11. The second-order valence-corrected chi connectivity index (χ2v) is 4.35. The Morgan fingerprint density at radius 1 is 1.40 bits per heavy atom. The molecule has 88 valence electrons. The average Bonchev–Trinajstić information content (AvgIpc) is 2.53. The van der Waals surface area contributed by atoms with Gasteiger partial charge in [-0.05, 0) is 6.92 Å². The Hall–Kier alpha value is 0.130. The van der Waals surface area contributed by atoms with Crippen LogP contribution in [0, 0.1) is 6.92 Å². The van der Waals surface area contributed by atoms with Crippen molar-refractivity contribution in [2.75, 3.05) is 26.2 Å². The molecular formula is C9H17Cl2N3S. The molecule has 3 nitrogen and oxygen atoms in total. The largest absolute Gasteiger partial charge is 0.314 e. The lowest BCUT2D eigenvalue weighted by atomic mass is 10.3. The number of thiazole rings is 1. The van der Waals surface area contributed by atoms with Crippen LogP contribution in [0.4, 0.5) is 0 Å². The minimum absolute atomic E-state index is 0. The van der Waals surface area contributed by atoms with Gasteiger partial charge in [-0.25, -0.2) is 4.98 Å². The number of nitrogens with zero attached hydrogens (tertiary/aromatic N) is 2. The average molecular weight is 270 g/mol. The van der Waals surface area contributed by atoms with Crippen molar-refractivity contribution in [1.29, 1.82) is 0 Å². The van der Waals surface area contributed by atoms with Crippen LogP contribution in [0.3, 0.4) is 0 Å². The Labute approximate surface area is 107 Å². The smallest absolute Gasteiger partial charge is 0.107 e. The van der Waals surface area contributed by atoms with E-state index in [2.05, 4.69) is 27.5 Å². The lowest BCUT2D eigenvalue weighted by Crippen LogP contribution is -2.42. The third-order valence-electron chi connectivity index (χ3n) is 2.24. The summed E-state index contributed by atoms with van der Waals surface area (Å²) in [6, 6.07) is 0. The molecule has 1 fully saturated rings. The summed E-state index contributed by atoms with van der Waals surface area (Å²) < 4.78 is 0. The Bertz CT molecular complexity index is 274. The third-order valence-corrected chi connectivity index (χ3v) is 3.19. The first kappa shape index (κ1) is 15.1. The monoisotopic (exact) mass is 269 g/mol. The lowest BCUT2D eigenvalue weighted by Gasteiger charge is -2.26. The maximum atomic E-state index is 4.46. The lowest BCUT2D eigenvalue weighted by molar-refractivity contribution is 0.233. The molecule has 0 aromatic carbocycles. The van der Waals surface area contributed by atoms with Gasteiger partial charge in [0, 0.05) is 37.3 Å². The van der Waals surface area contributed by atoms with E-state index in [1.807, 2.05) is 0 Å². The van der Waals surface area contributed by atoms with E-state index < -0.39 is 0 Å². The number of rotatable bonds is 2. The zero-order valence-electron chi connectivity index (χ0n) is 8.73. The molecule has 0 atom stereocenters. The van der Waals surface area contributed by atoms with Gasteiger partial charge in [-0.3, -0.25) is 4.90 Å². The molecule has 1 aliphatic rings. The second kappa shape index (κ2) is 7.41. The SMILES string of the molecule is Cc1csc(CN2CCNCC2)n1.Cl.Cl. The number of hydrogen-bond acceptors (Lipinski definition) is 4. The van der Waals surface area contributed by atoms with Crippen LogP contribution in [-0.4, -0.2) is 36.1 Å². The van der Waals surface area contributed by atoms with Crippen molar-refractivity contribution in [3.05, 3.63) is 16.1 Å². The minimum Gasteiger partial charge on any atom is -0.314 e. The van der Waals surface area contributed by atoms with Crippen molar-refractivity contribution >= 4 is 36.2 Å². The van der Waals surface area contributed by atoms with E-state index in [1.165, 1.54) is 5.01 Å². The van der Waals surface area contributed by atoms with Gasteiger partial charge in [0.2, 0.25) is 0 Å². The van der Waals surface area contributed by atoms with E-state index in [0.717, 1.165) is 38.4 Å². The van der Waals surface area contributed by atoms with Crippen LogP contribution in [0.25, 0.3) is 0 Å². The van der Waals surface area contributed by atoms with Gasteiger partial charge in [0.25, 0.3) is 0 Å². The zero-order chi connectivity index (χ0) is 9.10. The van der Waals surface area contributed by atoms with E-state index in [9.17, 15) is 0 Å². The summed E-state index contributed by atoms with van der Waals surface area (Å²) in [5.41, 5.74) is 1.15. The maximum Gasteiger partial charge on any atom is 0.107 e. The standard InChI is InChI=1S/C9H15N3S.2ClH/c1-8-7-13-9(11-8)6-12-4-2-10-3-5-12;;/h7,10H,2-6H2,1H3;2*1H. The van der Waals surface area contributed by atoms with Gasteiger partial charge in [-0.15, -0.1) is 36.2 Å². The third kappa shape index (κ3) is 4.66. The highest BCUT2D eigenvalue weighted by Gasteiger charge is 2.10. The molecule has 1 aromatic rings. The fraction of sp³-hybridized carbons (Fsp3) is 0.667. The van der Waals surface area contributed by atoms with Crippen molar-refractivity contribution in [2.24, 2.45) is 0 Å². The summed E-state index contributed by atoms with van der Waals surface area (Å²) in [7, 11) is 0. The second-order valence-electron chi connectivity index (χ2n) is 3.41. The fourth-order valence-corrected chi connectivity index (χ4v) is 2.35. The van der Waals surface area contributed by atoms with Crippen LogP contribution < -0.4 is 5.32 Å². The van der Waals surface area contributed by atoms with Gasteiger partial charge in [-0.2, -0.15) is 0 Å². The van der Waals surface area contributed by atoms with Gasteiger partial charge in [0.15, 0.2) is 0 Å². The fourth-order valence-electron chi connectivity index (χ4n) is 1.54. The number of hydrogen-bond donors (Lipinski definition) is 1. The van der Waals surface area contributed by atoms with Crippen molar-refractivity contribution in [3.8, 4) is 0 Å². The molecule has 0 amide bonds. The van der Waals surface area contributed by atoms with Gasteiger partial charge < -0.3 is 5.32 Å². The molecule has 1 saturated heterocycles. The van der Waals surface area contributed by atoms with Crippen molar-refractivity contribution in [2.45, 2.75) is 13.5 Å². The van der Waals surface area contributed by atoms with E-state index in [0.29, 0.717) is 0 Å². The van der Waals surface area contributed by atoms with Crippen LogP contribution >= 0.6 is 36.2 Å². The Morgan fingerprint density at radius 3 is 2.60 bits per heavy atom. The van der Waals surface area contributed by atoms with Crippen LogP contribution in [0.1, 0.15) is 10.7 Å². The number of halogens is 2. The molecule has 1 aromatic heterocycles.